The summed E-state index contributed by atoms with van der Waals surface area (Å²) in [4.78, 5) is 48.1. The van der Waals surface area contributed by atoms with Crippen molar-refractivity contribution in [1.29, 1.82) is 0 Å². The number of H-pyrrole nitrogens is 2. The predicted molar refractivity (Wildman–Crippen MR) is 247 cm³/mol. The number of hydrogen-bond acceptors (Lipinski definition) is 7. The average Bonchev–Trinajstić information content (AvgIpc) is 4.15. The number of aromatic amines is 2. The monoisotopic (exact) mass is 850 g/mol. The Morgan fingerprint density at radius 1 is 0.825 bits per heavy atom. The fourth-order valence-electron chi connectivity index (χ4n) is 10.1. The molecule has 0 aliphatic carbocycles. The van der Waals surface area contributed by atoms with Gasteiger partial charge in [-0.15, -0.1) is 0 Å². The van der Waals surface area contributed by atoms with E-state index in [0.717, 1.165) is 120 Å². The lowest BCUT2D eigenvalue weighted by Crippen LogP contribution is -2.46. The van der Waals surface area contributed by atoms with Crippen LogP contribution in [0, 0.1) is 17.8 Å². The molecule has 63 heavy (non-hydrogen) atoms. The molecule has 12 heteroatoms. The fourth-order valence-corrected chi connectivity index (χ4v) is 10.1. The normalized spacial score (nSPS) is 19.5. The number of benzene rings is 3. The van der Waals surface area contributed by atoms with Crippen LogP contribution < -0.4 is 10.5 Å². The third-order valence-corrected chi connectivity index (χ3v) is 13.7. The van der Waals surface area contributed by atoms with Crippen LogP contribution in [0.3, 0.4) is 0 Å². The maximum Gasteiger partial charge on any atom is 0.240 e. The fraction of sp³-hybridized carbons (Fsp3) is 0.451. The van der Waals surface area contributed by atoms with E-state index in [-0.39, 0.29) is 47.9 Å². The minimum atomic E-state index is -0.529. The third kappa shape index (κ3) is 8.43. The number of hydrogen-bond donors (Lipinski definition) is 3. The van der Waals surface area contributed by atoms with Gasteiger partial charge in [0.05, 0.1) is 53.1 Å². The molecule has 2 saturated heterocycles. The van der Waals surface area contributed by atoms with Gasteiger partial charge >= 0.3 is 0 Å². The van der Waals surface area contributed by atoms with E-state index in [2.05, 4.69) is 106 Å². The molecular weight excluding hydrogens is 789 g/mol. The van der Waals surface area contributed by atoms with Crippen LogP contribution in [0.25, 0.3) is 44.7 Å². The molecule has 3 aromatic carbocycles. The van der Waals surface area contributed by atoms with E-state index in [9.17, 15) is 9.59 Å². The van der Waals surface area contributed by atoms with Crippen molar-refractivity contribution >= 4 is 22.7 Å². The zero-order valence-electron chi connectivity index (χ0n) is 37.3. The maximum absolute atomic E-state index is 13.9. The Morgan fingerprint density at radius 3 is 2.13 bits per heavy atom. The summed E-state index contributed by atoms with van der Waals surface area (Å²) >= 11 is 0. The number of imidazole rings is 2. The van der Waals surface area contributed by atoms with Crippen molar-refractivity contribution in [3.63, 3.8) is 0 Å². The van der Waals surface area contributed by atoms with Gasteiger partial charge in [-0.25, -0.2) is 9.97 Å². The van der Waals surface area contributed by atoms with Crippen molar-refractivity contribution in [2.24, 2.45) is 23.5 Å². The molecule has 6 aromatic rings. The third-order valence-electron chi connectivity index (χ3n) is 13.7. The summed E-state index contributed by atoms with van der Waals surface area (Å²) in [5.41, 5.74) is 14.6. The minimum Gasteiger partial charge on any atom is -0.469 e. The van der Waals surface area contributed by atoms with E-state index >= 15 is 0 Å². The van der Waals surface area contributed by atoms with Gasteiger partial charge in [-0.1, -0.05) is 70.2 Å². The first-order chi connectivity index (χ1) is 30.6. The molecule has 3 aromatic heterocycles. The molecule has 3 aliphatic heterocycles. The van der Waals surface area contributed by atoms with Crippen LogP contribution in [-0.2, 0) is 20.7 Å². The molecule has 9 rings (SSSR count). The molecule has 2 amide bonds. The summed E-state index contributed by atoms with van der Waals surface area (Å²) in [7, 11) is 1.72. The number of nitrogens with two attached hydrogens (primary N) is 1. The summed E-state index contributed by atoms with van der Waals surface area (Å²) in [5, 5.41) is 1.11. The summed E-state index contributed by atoms with van der Waals surface area (Å²) in [5.74, 6) is 2.96. The lowest BCUT2D eigenvalue weighted by molar-refractivity contribution is -0.138. The Kier molecular flexibility index (Phi) is 12.3. The summed E-state index contributed by atoms with van der Waals surface area (Å²) in [6, 6.07) is 25.1. The number of carbonyl (C=O) groups is 2. The van der Waals surface area contributed by atoms with Crippen molar-refractivity contribution in [3.8, 4) is 39.5 Å². The van der Waals surface area contributed by atoms with Crippen molar-refractivity contribution in [2.45, 2.75) is 103 Å². The quantitative estimate of drug-likeness (QED) is 0.0872. The van der Waals surface area contributed by atoms with Gasteiger partial charge < -0.3 is 39.5 Å². The van der Waals surface area contributed by atoms with Crippen LogP contribution in [0.1, 0.15) is 108 Å². The number of likely N-dealkylation sites (tertiary alicyclic amines) is 2. The topological polar surface area (TPSA) is 147 Å². The number of methoxy groups -OCH3 is 1. The lowest BCUT2D eigenvalue weighted by atomic mass is 9.89. The van der Waals surface area contributed by atoms with Crippen LogP contribution in [0.15, 0.2) is 85.2 Å². The molecule has 0 bridgehead atoms. The largest absolute Gasteiger partial charge is 0.469 e. The molecule has 6 heterocycles. The van der Waals surface area contributed by atoms with Gasteiger partial charge in [-0.05, 0) is 92.7 Å². The summed E-state index contributed by atoms with van der Waals surface area (Å²) in [6.45, 7) is 10.4. The first-order valence-corrected chi connectivity index (χ1v) is 23.1. The molecule has 5 unspecified atom stereocenters. The van der Waals surface area contributed by atoms with Crippen LogP contribution in [0.4, 0.5) is 0 Å². The first kappa shape index (κ1) is 42.6. The van der Waals surface area contributed by atoms with Crippen LogP contribution in [0.2, 0.25) is 0 Å². The zero-order chi connectivity index (χ0) is 43.8. The second-order valence-electron chi connectivity index (χ2n) is 18.5. The Hall–Kier alpha value is -5.72. The van der Waals surface area contributed by atoms with Gasteiger partial charge in [0, 0.05) is 61.2 Å². The molecular formula is C51H62N8O4. The van der Waals surface area contributed by atoms with Crippen molar-refractivity contribution in [3.05, 3.63) is 102 Å². The van der Waals surface area contributed by atoms with Gasteiger partial charge in [-0.3, -0.25) is 9.59 Å². The van der Waals surface area contributed by atoms with Gasteiger partial charge in [0.1, 0.15) is 17.4 Å². The lowest BCUT2D eigenvalue weighted by Gasteiger charge is -2.30. The molecule has 3 aliphatic rings. The molecule has 12 nitrogen and oxygen atoms in total. The molecule has 0 saturated carbocycles. The zero-order valence-corrected chi connectivity index (χ0v) is 37.3. The smallest absolute Gasteiger partial charge is 0.240 e. The average molecular weight is 851 g/mol. The standard InChI is InChI=1S/C51H62N8O4/c1-31(2)37(14-11-25-62-5)50(60)57-23-9-15-42(57)48-53-29-39(55-48)34-19-21-41-36(26-34)27-44-38-20-18-35(28-45(38)63-46(59(41)44)22-17-33-12-7-6-8-13-33)40-30-54-49(56-40)43-16-10-24-58(43)51(61)47(52)32(3)4/h6-8,12-13,18-21,26-32,37,42-43,46-47H,9-11,14-17,22-25,52H2,1-5H3,(H,53,55)(H,54,56). The summed E-state index contributed by atoms with van der Waals surface area (Å²) < 4.78 is 14.6. The molecule has 0 spiro atoms. The highest BCUT2D eigenvalue weighted by Gasteiger charge is 2.38. The number of rotatable bonds is 15. The van der Waals surface area contributed by atoms with Gasteiger partial charge in [0.2, 0.25) is 11.8 Å². The molecule has 5 atom stereocenters. The predicted octanol–water partition coefficient (Wildman–Crippen LogP) is 9.62. The van der Waals surface area contributed by atoms with E-state index in [0.29, 0.717) is 13.2 Å². The van der Waals surface area contributed by atoms with Crippen LogP contribution in [0.5, 0.6) is 5.75 Å². The first-order valence-electron chi connectivity index (χ1n) is 23.1. The summed E-state index contributed by atoms with van der Waals surface area (Å²) in [6.07, 6.45) is 10.5. The molecule has 330 valence electrons. The number of amides is 2. The van der Waals surface area contributed by atoms with E-state index in [4.69, 9.17) is 25.2 Å². The Bertz CT molecular complexity index is 2560. The van der Waals surface area contributed by atoms with Gasteiger partial charge in [0.15, 0.2) is 6.23 Å². The van der Waals surface area contributed by atoms with Crippen LogP contribution in [-0.4, -0.2) is 79.0 Å². The van der Waals surface area contributed by atoms with Crippen LogP contribution >= 0.6 is 0 Å². The number of nitrogens with one attached hydrogen (secondary N) is 2. The minimum absolute atomic E-state index is 0.0143. The number of fused-ring (bicyclic) bond motifs is 5. The maximum atomic E-state index is 13.9. The highest BCUT2D eigenvalue weighted by Crippen LogP contribution is 2.46. The number of aromatic nitrogens is 5. The van der Waals surface area contributed by atoms with E-state index in [1.54, 1.807) is 7.11 Å². The van der Waals surface area contributed by atoms with Crippen molar-refractivity contribution in [1.82, 2.24) is 34.3 Å². The second-order valence-corrected chi connectivity index (χ2v) is 18.5. The van der Waals surface area contributed by atoms with E-state index in [1.165, 1.54) is 5.56 Å². The number of ether oxygens (including phenoxy) is 2. The van der Waals surface area contributed by atoms with Gasteiger partial charge in [-0.2, -0.15) is 0 Å². The molecule has 4 N–H and O–H groups in total. The molecule has 0 radical (unpaired) electrons. The van der Waals surface area contributed by atoms with E-state index < -0.39 is 6.04 Å². The van der Waals surface area contributed by atoms with Crippen molar-refractivity contribution in [2.75, 3.05) is 26.8 Å². The second kappa shape index (κ2) is 18.2. The highest BCUT2D eigenvalue weighted by atomic mass is 16.5. The van der Waals surface area contributed by atoms with Gasteiger partial charge in [0.25, 0.3) is 0 Å². The van der Waals surface area contributed by atoms with Crippen molar-refractivity contribution < 1.29 is 19.1 Å². The number of aryl methyl sites for hydroxylation is 1. The highest BCUT2D eigenvalue weighted by molar-refractivity contribution is 5.92. The Morgan fingerprint density at radius 2 is 1.48 bits per heavy atom. The Labute approximate surface area is 370 Å². The van der Waals surface area contributed by atoms with E-state index in [1.807, 2.05) is 31.1 Å². The number of carbonyl (C=O) groups excluding carboxylic acids is 2. The SMILES string of the molecule is COCCCC(C(=O)N1CCCC1c1ncc(-c2ccc3c(c2)cc2n3C(CCc3ccccc3)Oc3cc(-c4cnc(C5CCCN5C(=O)C(N)C(C)C)[nH]4)ccc3-2)[nH]1)C(C)C. The Balaban J connectivity index is 1.00. The number of nitrogens with zero attached hydrogens (tertiary/aromatic N) is 5. The molecule has 2 fully saturated rings.